The molecule has 0 amide bonds. The summed E-state index contributed by atoms with van der Waals surface area (Å²) in [5.74, 6) is 1.83. The van der Waals surface area contributed by atoms with Gasteiger partial charge in [-0.1, -0.05) is 0 Å². The van der Waals surface area contributed by atoms with E-state index in [1.807, 2.05) is 11.3 Å². The van der Waals surface area contributed by atoms with Crippen molar-refractivity contribution in [2.75, 3.05) is 26.2 Å². The highest BCUT2D eigenvalue weighted by molar-refractivity contribution is 7.11. The van der Waals surface area contributed by atoms with E-state index in [0.717, 1.165) is 18.4 Å². The van der Waals surface area contributed by atoms with Crippen molar-refractivity contribution in [2.24, 2.45) is 11.8 Å². The van der Waals surface area contributed by atoms with Gasteiger partial charge in [-0.15, -0.1) is 23.7 Å². The lowest BCUT2D eigenvalue weighted by Crippen LogP contribution is -2.39. The van der Waals surface area contributed by atoms with E-state index in [9.17, 15) is 0 Å². The van der Waals surface area contributed by atoms with Crippen LogP contribution in [0.25, 0.3) is 0 Å². The summed E-state index contributed by atoms with van der Waals surface area (Å²) in [7, 11) is 0. The van der Waals surface area contributed by atoms with Crippen LogP contribution in [0.15, 0.2) is 0 Å². The molecular weight excluding hydrogens is 266 g/mol. The second kappa shape index (κ2) is 5.87. The zero-order chi connectivity index (χ0) is 11.8. The Morgan fingerprint density at radius 3 is 2.83 bits per heavy atom. The molecule has 2 atom stereocenters. The molecule has 3 nitrogen and oxygen atoms in total. The molecule has 102 valence electrons. The molecule has 0 saturated carbocycles. The summed E-state index contributed by atoms with van der Waals surface area (Å²) >= 11 is 1.86. The average molecular weight is 288 g/mol. The summed E-state index contributed by atoms with van der Waals surface area (Å²) in [4.78, 5) is 8.61. The Labute approximate surface area is 119 Å². The summed E-state index contributed by atoms with van der Waals surface area (Å²) < 4.78 is 0. The standard InChI is InChI=1S/C13H21N3S.ClH/c1-9-13(17-10(2)15-9)8-16-4-3-11-5-14-6-12(11)7-16;/h11-12,14H,3-8H2,1-2H3;1H. The number of hydrogen-bond donors (Lipinski definition) is 1. The molecule has 0 bridgehead atoms. The van der Waals surface area contributed by atoms with Gasteiger partial charge < -0.3 is 5.32 Å². The summed E-state index contributed by atoms with van der Waals surface area (Å²) in [5, 5.41) is 4.73. The van der Waals surface area contributed by atoms with Gasteiger partial charge in [-0.25, -0.2) is 4.98 Å². The number of piperidine rings is 1. The van der Waals surface area contributed by atoms with Gasteiger partial charge in [0.25, 0.3) is 0 Å². The third kappa shape index (κ3) is 2.87. The second-order valence-corrected chi connectivity index (χ2v) is 6.73. The van der Waals surface area contributed by atoms with Crippen molar-refractivity contribution in [3.05, 3.63) is 15.6 Å². The largest absolute Gasteiger partial charge is 0.316 e. The van der Waals surface area contributed by atoms with Crippen LogP contribution in [0, 0.1) is 25.7 Å². The van der Waals surface area contributed by atoms with Crippen LogP contribution in [0.3, 0.4) is 0 Å². The highest BCUT2D eigenvalue weighted by Crippen LogP contribution is 2.28. The van der Waals surface area contributed by atoms with Gasteiger partial charge in [0.1, 0.15) is 0 Å². The zero-order valence-electron chi connectivity index (χ0n) is 11.1. The van der Waals surface area contributed by atoms with Crippen LogP contribution in [0.4, 0.5) is 0 Å². The average Bonchev–Trinajstić information content (AvgIpc) is 2.85. The lowest BCUT2D eigenvalue weighted by molar-refractivity contribution is 0.143. The maximum absolute atomic E-state index is 4.52. The van der Waals surface area contributed by atoms with Crippen LogP contribution in [0.5, 0.6) is 0 Å². The highest BCUT2D eigenvalue weighted by Gasteiger charge is 2.32. The summed E-state index contributed by atoms with van der Waals surface area (Å²) in [5.41, 5.74) is 1.24. The minimum Gasteiger partial charge on any atom is -0.316 e. The van der Waals surface area contributed by atoms with E-state index in [4.69, 9.17) is 0 Å². The summed E-state index contributed by atoms with van der Waals surface area (Å²) in [6.45, 7) is 10.4. The molecule has 1 aromatic rings. The lowest BCUT2D eigenvalue weighted by Gasteiger charge is -2.34. The van der Waals surface area contributed by atoms with E-state index in [0.29, 0.717) is 0 Å². The van der Waals surface area contributed by atoms with Crippen LogP contribution in [-0.2, 0) is 6.54 Å². The Kier molecular flexibility index (Phi) is 4.64. The van der Waals surface area contributed by atoms with E-state index < -0.39 is 0 Å². The van der Waals surface area contributed by atoms with E-state index in [1.54, 1.807) is 0 Å². The molecule has 0 spiro atoms. The molecular formula is C13H22ClN3S. The fraction of sp³-hybridized carbons (Fsp3) is 0.769. The van der Waals surface area contributed by atoms with Crippen LogP contribution in [-0.4, -0.2) is 36.1 Å². The van der Waals surface area contributed by atoms with Gasteiger partial charge in [0.2, 0.25) is 0 Å². The van der Waals surface area contributed by atoms with Gasteiger partial charge in [0.05, 0.1) is 10.7 Å². The number of aromatic nitrogens is 1. The van der Waals surface area contributed by atoms with Crippen LogP contribution < -0.4 is 5.32 Å². The second-order valence-electron chi connectivity index (χ2n) is 5.44. The zero-order valence-corrected chi connectivity index (χ0v) is 12.7. The van der Waals surface area contributed by atoms with Gasteiger partial charge in [0.15, 0.2) is 0 Å². The Bertz CT molecular complexity index is 407. The third-order valence-corrected chi connectivity index (χ3v) is 5.21. The summed E-state index contributed by atoms with van der Waals surface area (Å²) in [6.07, 6.45) is 1.37. The monoisotopic (exact) mass is 287 g/mol. The Hall–Kier alpha value is -0.160. The van der Waals surface area contributed by atoms with E-state index in [2.05, 4.69) is 29.0 Å². The number of halogens is 1. The minimum atomic E-state index is 0. The number of likely N-dealkylation sites (tertiary alicyclic amines) is 1. The van der Waals surface area contributed by atoms with Crippen molar-refractivity contribution in [2.45, 2.75) is 26.8 Å². The van der Waals surface area contributed by atoms with E-state index in [1.165, 1.54) is 48.2 Å². The molecule has 1 aromatic heterocycles. The topological polar surface area (TPSA) is 28.2 Å². The van der Waals surface area contributed by atoms with E-state index >= 15 is 0 Å². The number of fused-ring (bicyclic) bond motifs is 1. The van der Waals surface area contributed by atoms with Crippen molar-refractivity contribution in [1.29, 1.82) is 0 Å². The molecule has 0 aromatic carbocycles. The van der Waals surface area contributed by atoms with Crippen molar-refractivity contribution >= 4 is 23.7 Å². The Morgan fingerprint density at radius 1 is 1.33 bits per heavy atom. The molecule has 2 aliphatic heterocycles. The number of thiazole rings is 1. The molecule has 0 aliphatic carbocycles. The van der Waals surface area contributed by atoms with Gasteiger partial charge >= 0.3 is 0 Å². The van der Waals surface area contributed by atoms with Gasteiger partial charge in [-0.2, -0.15) is 0 Å². The van der Waals surface area contributed by atoms with Crippen molar-refractivity contribution in [1.82, 2.24) is 15.2 Å². The first-order valence-corrected chi connectivity index (χ1v) is 7.40. The molecule has 2 unspecified atom stereocenters. The predicted molar refractivity (Wildman–Crippen MR) is 78.6 cm³/mol. The maximum atomic E-state index is 4.52. The number of aryl methyl sites for hydroxylation is 2. The van der Waals surface area contributed by atoms with Gasteiger partial charge in [-0.05, 0) is 51.7 Å². The molecule has 3 rings (SSSR count). The van der Waals surface area contributed by atoms with Gasteiger partial charge in [0, 0.05) is 18.0 Å². The molecule has 2 aliphatic rings. The smallest absolute Gasteiger partial charge is 0.0900 e. The van der Waals surface area contributed by atoms with E-state index in [-0.39, 0.29) is 12.4 Å². The fourth-order valence-corrected chi connectivity index (χ4v) is 4.16. The fourth-order valence-electron chi connectivity index (χ4n) is 3.18. The number of rotatable bonds is 2. The first-order chi connectivity index (χ1) is 8.22. The third-order valence-electron chi connectivity index (χ3n) is 4.16. The Balaban J connectivity index is 0.00000120. The molecule has 2 saturated heterocycles. The molecule has 1 N–H and O–H groups in total. The quantitative estimate of drug-likeness (QED) is 0.904. The number of hydrogen-bond acceptors (Lipinski definition) is 4. The van der Waals surface area contributed by atoms with Crippen molar-refractivity contribution in [3.8, 4) is 0 Å². The predicted octanol–water partition coefficient (Wildman–Crippen LogP) is 2.22. The van der Waals surface area contributed by atoms with Crippen LogP contribution in [0.1, 0.15) is 22.0 Å². The number of nitrogens with zero attached hydrogens (tertiary/aromatic N) is 2. The normalized spacial score (nSPS) is 27.9. The van der Waals surface area contributed by atoms with Crippen molar-refractivity contribution in [3.63, 3.8) is 0 Å². The molecule has 18 heavy (non-hydrogen) atoms. The Morgan fingerprint density at radius 2 is 2.11 bits per heavy atom. The molecule has 3 heterocycles. The first-order valence-electron chi connectivity index (χ1n) is 6.58. The van der Waals surface area contributed by atoms with Gasteiger partial charge in [-0.3, -0.25) is 4.90 Å². The molecule has 0 radical (unpaired) electrons. The molecule has 2 fully saturated rings. The SMILES string of the molecule is Cc1nc(C)c(CN2CCC3CNCC3C2)s1.Cl. The van der Waals surface area contributed by atoms with Crippen LogP contribution >= 0.6 is 23.7 Å². The maximum Gasteiger partial charge on any atom is 0.0900 e. The van der Waals surface area contributed by atoms with Crippen LogP contribution in [0.2, 0.25) is 0 Å². The highest BCUT2D eigenvalue weighted by atomic mass is 35.5. The first kappa shape index (κ1) is 14.3. The molecule has 5 heteroatoms. The van der Waals surface area contributed by atoms with Crippen molar-refractivity contribution < 1.29 is 0 Å². The summed E-state index contributed by atoms with van der Waals surface area (Å²) in [6, 6.07) is 0. The minimum absolute atomic E-state index is 0. The lowest BCUT2D eigenvalue weighted by atomic mass is 9.89. The number of nitrogens with one attached hydrogen (secondary N) is 1.